The van der Waals surface area contributed by atoms with Crippen LogP contribution in [0.25, 0.3) is 0 Å². The maximum absolute atomic E-state index is 12.2. The van der Waals surface area contributed by atoms with Gasteiger partial charge in [0.15, 0.2) is 0 Å². The molecular weight excluding hydrogens is 103 g/mol. The summed E-state index contributed by atoms with van der Waals surface area (Å²) in [6.07, 6.45) is 3.03. The van der Waals surface area contributed by atoms with E-state index < -0.39 is 6.17 Å². The lowest BCUT2D eigenvalue weighted by atomic mass is 10.1. The summed E-state index contributed by atoms with van der Waals surface area (Å²) in [6, 6.07) is 0. The van der Waals surface area contributed by atoms with Crippen LogP contribution < -0.4 is 0 Å². The summed E-state index contributed by atoms with van der Waals surface area (Å²) < 4.78 is 12.2. The second-order valence-electron chi connectivity index (χ2n) is 2.06. The molecule has 0 rings (SSSR count). The molecule has 0 fully saturated rings. The number of hydrogen-bond acceptors (Lipinski definition) is 0. The predicted molar refractivity (Wildman–Crippen MR) is 34.5 cm³/mol. The van der Waals surface area contributed by atoms with Crippen LogP contribution in [0.15, 0.2) is 12.2 Å². The molecule has 8 heavy (non-hydrogen) atoms. The van der Waals surface area contributed by atoms with Gasteiger partial charge in [0.1, 0.15) is 6.17 Å². The molecule has 0 aliphatic heterocycles. The van der Waals surface area contributed by atoms with Crippen molar-refractivity contribution in [1.82, 2.24) is 0 Å². The van der Waals surface area contributed by atoms with Gasteiger partial charge in [0.25, 0.3) is 0 Å². The van der Waals surface area contributed by atoms with Crippen molar-refractivity contribution in [1.29, 1.82) is 0 Å². The van der Waals surface area contributed by atoms with Crippen molar-refractivity contribution in [2.45, 2.75) is 26.9 Å². The Bertz CT molecular complexity index is 74.5. The van der Waals surface area contributed by atoms with Crippen molar-refractivity contribution < 1.29 is 4.39 Å². The van der Waals surface area contributed by atoms with Crippen LogP contribution in [0.4, 0.5) is 4.39 Å². The van der Waals surface area contributed by atoms with Crippen molar-refractivity contribution in [3.63, 3.8) is 0 Å². The van der Waals surface area contributed by atoms with E-state index in [4.69, 9.17) is 0 Å². The third-order valence-electron chi connectivity index (χ3n) is 1.22. The molecule has 0 aromatic carbocycles. The van der Waals surface area contributed by atoms with Gasteiger partial charge < -0.3 is 0 Å². The molecule has 1 heteroatoms. The van der Waals surface area contributed by atoms with E-state index >= 15 is 0 Å². The summed E-state index contributed by atoms with van der Waals surface area (Å²) >= 11 is 0. The van der Waals surface area contributed by atoms with Gasteiger partial charge in [-0.1, -0.05) is 19.1 Å². The van der Waals surface area contributed by atoms with Gasteiger partial charge in [-0.25, -0.2) is 4.39 Å². The van der Waals surface area contributed by atoms with E-state index in [9.17, 15) is 4.39 Å². The molecular formula is C7H13F. The maximum atomic E-state index is 12.2. The van der Waals surface area contributed by atoms with Gasteiger partial charge in [0.2, 0.25) is 0 Å². The molecule has 0 bridgehead atoms. The van der Waals surface area contributed by atoms with Gasteiger partial charge in [0.05, 0.1) is 0 Å². The molecule has 0 aliphatic rings. The van der Waals surface area contributed by atoms with E-state index in [-0.39, 0.29) is 5.92 Å². The summed E-state index contributed by atoms with van der Waals surface area (Å²) in [5, 5.41) is 0. The fourth-order valence-corrected chi connectivity index (χ4v) is 0.457. The molecule has 0 heterocycles. The SMILES string of the molecule is C/C=C\[C@H](C)[C@@H](C)F. The Morgan fingerprint density at radius 2 is 1.88 bits per heavy atom. The highest BCUT2D eigenvalue weighted by atomic mass is 19.1. The number of halogens is 1. The number of rotatable bonds is 2. The molecule has 0 nitrogen and oxygen atoms in total. The second kappa shape index (κ2) is 3.65. The lowest BCUT2D eigenvalue weighted by Crippen LogP contribution is -2.03. The van der Waals surface area contributed by atoms with Gasteiger partial charge in [-0.3, -0.25) is 0 Å². The van der Waals surface area contributed by atoms with E-state index in [0.717, 1.165) is 0 Å². The Morgan fingerprint density at radius 3 is 2.00 bits per heavy atom. The van der Waals surface area contributed by atoms with Crippen LogP contribution in [-0.2, 0) is 0 Å². The zero-order valence-electron chi connectivity index (χ0n) is 5.69. The summed E-state index contributed by atoms with van der Waals surface area (Å²) in [5.41, 5.74) is 0. The molecule has 48 valence electrons. The summed E-state index contributed by atoms with van der Waals surface area (Å²) in [6.45, 7) is 5.34. The van der Waals surface area contributed by atoms with Gasteiger partial charge in [-0.15, -0.1) is 0 Å². The summed E-state index contributed by atoms with van der Waals surface area (Å²) in [4.78, 5) is 0. The monoisotopic (exact) mass is 116 g/mol. The molecule has 0 saturated heterocycles. The van der Waals surface area contributed by atoms with Crippen LogP contribution in [0.2, 0.25) is 0 Å². The van der Waals surface area contributed by atoms with Crippen LogP contribution in [0.3, 0.4) is 0 Å². The Hall–Kier alpha value is -0.330. The summed E-state index contributed by atoms with van der Waals surface area (Å²) in [5.74, 6) is 0.0694. The number of allylic oxidation sites excluding steroid dienone is 2. The zero-order valence-corrected chi connectivity index (χ0v) is 5.69. The first-order valence-corrected chi connectivity index (χ1v) is 2.95. The number of hydrogen-bond donors (Lipinski definition) is 0. The van der Waals surface area contributed by atoms with E-state index in [1.807, 2.05) is 26.0 Å². The van der Waals surface area contributed by atoms with Crippen molar-refractivity contribution >= 4 is 0 Å². The lowest BCUT2D eigenvalue weighted by molar-refractivity contribution is 0.300. The second-order valence-corrected chi connectivity index (χ2v) is 2.06. The van der Waals surface area contributed by atoms with Crippen LogP contribution in [-0.4, -0.2) is 6.17 Å². The van der Waals surface area contributed by atoms with Gasteiger partial charge in [-0.2, -0.15) is 0 Å². The molecule has 0 radical (unpaired) electrons. The Labute approximate surface area is 50.4 Å². The molecule has 0 N–H and O–H groups in total. The first-order valence-electron chi connectivity index (χ1n) is 2.95. The third kappa shape index (κ3) is 2.78. The quantitative estimate of drug-likeness (QED) is 0.486. The summed E-state index contributed by atoms with van der Waals surface area (Å²) in [7, 11) is 0. The molecule has 0 saturated carbocycles. The topological polar surface area (TPSA) is 0 Å². The zero-order chi connectivity index (χ0) is 6.57. The standard InChI is InChI=1S/C7H13F/c1-4-5-6(2)7(3)8/h4-7H,1-3H3/b5-4-/t6-,7+/m0/s1. The largest absolute Gasteiger partial charge is 0.247 e. The van der Waals surface area contributed by atoms with E-state index in [1.165, 1.54) is 0 Å². The first-order chi connectivity index (χ1) is 3.68. The molecule has 0 aromatic rings. The highest BCUT2D eigenvalue weighted by Crippen LogP contribution is 2.06. The third-order valence-corrected chi connectivity index (χ3v) is 1.22. The van der Waals surface area contributed by atoms with Crippen molar-refractivity contribution in [2.24, 2.45) is 5.92 Å². The highest BCUT2D eigenvalue weighted by molar-refractivity contribution is 4.85. The fourth-order valence-electron chi connectivity index (χ4n) is 0.457. The van der Waals surface area contributed by atoms with Crippen LogP contribution in [0.5, 0.6) is 0 Å². The predicted octanol–water partition coefficient (Wildman–Crippen LogP) is 2.56. The molecule has 0 aliphatic carbocycles. The minimum absolute atomic E-state index is 0.0694. The minimum atomic E-state index is -0.716. The van der Waals surface area contributed by atoms with Crippen LogP contribution in [0.1, 0.15) is 20.8 Å². The molecule has 0 spiro atoms. The molecule has 0 unspecified atom stereocenters. The van der Waals surface area contributed by atoms with E-state index in [2.05, 4.69) is 0 Å². The van der Waals surface area contributed by atoms with E-state index in [1.54, 1.807) is 6.92 Å². The first kappa shape index (κ1) is 7.67. The highest BCUT2D eigenvalue weighted by Gasteiger charge is 2.03. The Morgan fingerprint density at radius 1 is 1.38 bits per heavy atom. The smallest absolute Gasteiger partial charge is 0.103 e. The maximum Gasteiger partial charge on any atom is 0.103 e. The fraction of sp³-hybridized carbons (Fsp3) is 0.714. The Balaban J connectivity index is 3.47. The van der Waals surface area contributed by atoms with Crippen LogP contribution in [0, 0.1) is 5.92 Å². The number of alkyl halides is 1. The Kier molecular flexibility index (Phi) is 3.49. The average Bonchev–Trinajstić information content (AvgIpc) is 1.67. The van der Waals surface area contributed by atoms with Gasteiger partial charge in [0, 0.05) is 5.92 Å². The van der Waals surface area contributed by atoms with E-state index in [0.29, 0.717) is 0 Å². The molecule has 0 amide bonds. The van der Waals surface area contributed by atoms with Crippen molar-refractivity contribution in [3.05, 3.63) is 12.2 Å². The normalized spacial score (nSPS) is 19.0. The molecule has 2 atom stereocenters. The lowest BCUT2D eigenvalue weighted by Gasteiger charge is -2.04. The van der Waals surface area contributed by atoms with Gasteiger partial charge >= 0.3 is 0 Å². The van der Waals surface area contributed by atoms with Crippen molar-refractivity contribution in [2.75, 3.05) is 0 Å². The average molecular weight is 116 g/mol. The van der Waals surface area contributed by atoms with Crippen LogP contribution >= 0.6 is 0 Å². The molecule has 0 aromatic heterocycles. The van der Waals surface area contributed by atoms with Gasteiger partial charge in [-0.05, 0) is 13.8 Å². The van der Waals surface area contributed by atoms with Crippen molar-refractivity contribution in [3.8, 4) is 0 Å². The minimum Gasteiger partial charge on any atom is -0.247 e.